The average molecular weight is 550 g/mol. The summed E-state index contributed by atoms with van der Waals surface area (Å²) in [6, 6.07) is 6.84. The van der Waals surface area contributed by atoms with Gasteiger partial charge in [0.15, 0.2) is 28.8 Å². The lowest BCUT2D eigenvalue weighted by atomic mass is 10.1. The van der Waals surface area contributed by atoms with Crippen LogP contribution in [-0.2, 0) is 0 Å². The van der Waals surface area contributed by atoms with Crippen molar-refractivity contribution in [1.82, 2.24) is 15.0 Å². The van der Waals surface area contributed by atoms with Gasteiger partial charge in [-0.3, -0.25) is 4.79 Å². The van der Waals surface area contributed by atoms with Crippen LogP contribution < -0.4 is 28.4 Å². The van der Waals surface area contributed by atoms with Gasteiger partial charge in [0.25, 0.3) is 0 Å². The molecule has 0 aliphatic heterocycles. The number of hydrogen-bond acceptors (Lipinski definition) is 11. The predicted molar refractivity (Wildman–Crippen MR) is 148 cm³/mol. The largest absolute Gasteiger partial charge is 0.493 e. The number of nitrogens with zero attached hydrogens (tertiary/aromatic N) is 3. The third kappa shape index (κ3) is 5.63. The summed E-state index contributed by atoms with van der Waals surface area (Å²) in [5, 5.41) is 0.596. The number of methoxy groups -OCH3 is 6. The summed E-state index contributed by atoms with van der Waals surface area (Å²) in [5.41, 5.74) is 2.53. The number of carbonyl (C=O) groups excluding carboxylic acids is 1. The minimum absolute atomic E-state index is 0.261. The first-order valence-electron chi connectivity index (χ1n) is 11.6. The molecule has 0 amide bonds. The molecule has 0 aliphatic rings. The molecule has 2 heterocycles. The molecule has 2 aromatic heterocycles. The Labute approximate surface area is 229 Å². The maximum Gasteiger partial charge on any atom is 0.203 e. The maximum absolute atomic E-state index is 13.1. The number of benzene rings is 2. The zero-order valence-corrected chi connectivity index (χ0v) is 23.1. The zero-order valence-electron chi connectivity index (χ0n) is 22.3. The lowest BCUT2D eigenvalue weighted by Gasteiger charge is -2.14. The Balaban J connectivity index is 1.77. The summed E-state index contributed by atoms with van der Waals surface area (Å²) in [4.78, 5) is 27.0. The van der Waals surface area contributed by atoms with E-state index in [4.69, 9.17) is 33.4 Å². The van der Waals surface area contributed by atoms with Crippen LogP contribution in [0.15, 0.2) is 49.1 Å². The number of allylic oxidation sites excluding steroid dienone is 1. The number of carbonyl (C=O) groups is 1. The van der Waals surface area contributed by atoms with Crippen molar-refractivity contribution in [3.8, 4) is 56.2 Å². The van der Waals surface area contributed by atoms with Crippen LogP contribution in [0.3, 0.4) is 0 Å². The van der Waals surface area contributed by atoms with Crippen molar-refractivity contribution in [1.29, 1.82) is 0 Å². The van der Waals surface area contributed by atoms with Crippen LogP contribution in [0, 0.1) is 0 Å². The standard InChI is InChI=1S/C28H27N3O7S/c1-33-20-9-16(10-21(34-2)26(20)37-5)19(32)7-8-24-31-25(28(39-24)18-13-29-15-30-14-18)17-11-22(35-3)27(38-6)23(12-17)36-4/h7-15H,1-6H3/b8-7+. The van der Waals surface area contributed by atoms with Crippen molar-refractivity contribution < 1.29 is 33.2 Å². The molecule has 0 atom stereocenters. The van der Waals surface area contributed by atoms with E-state index in [2.05, 4.69) is 9.97 Å². The van der Waals surface area contributed by atoms with Crippen LogP contribution in [-0.4, -0.2) is 63.4 Å². The monoisotopic (exact) mass is 549 g/mol. The van der Waals surface area contributed by atoms with Gasteiger partial charge in [-0.1, -0.05) is 0 Å². The van der Waals surface area contributed by atoms with Crippen molar-refractivity contribution in [3.05, 3.63) is 59.6 Å². The van der Waals surface area contributed by atoms with Crippen molar-refractivity contribution in [2.45, 2.75) is 0 Å². The van der Waals surface area contributed by atoms with Gasteiger partial charge in [0.05, 0.1) is 53.2 Å². The molecule has 0 unspecified atom stereocenters. The highest BCUT2D eigenvalue weighted by Crippen LogP contribution is 2.44. The lowest BCUT2D eigenvalue weighted by molar-refractivity contribution is 0.104. The average Bonchev–Trinajstić information content (AvgIpc) is 3.42. The maximum atomic E-state index is 13.1. The number of thiazole rings is 1. The summed E-state index contributed by atoms with van der Waals surface area (Å²) in [6.45, 7) is 0. The van der Waals surface area contributed by atoms with Crippen molar-refractivity contribution in [2.75, 3.05) is 42.7 Å². The van der Waals surface area contributed by atoms with Gasteiger partial charge in [0, 0.05) is 29.1 Å². The predicted octanol–water partition coefficient (Wildman–Crippen LogP) is 5.21. The van der Waals surface area contributed by atoms with Crippen LogP contribution in [0.5, 0.6) is 34.5 Å². The highest BCUT2D eigenvalue weighted by molar-refractivity contribution is 7.16. The van der Waals surface area contributed by atoms with Gasteiger partial charge in [0.1, 0.15) is 11.3 Å². The van der Waals surface area contributed by atoms with Gasteiger partial charge >= 0.3 is 0 Å². The fourth-order valence-electron chi connectivity index (χ4n) is 3.90. The molecule has 0 spiro atoms. The topological polar surface area (TPSA) is 111 Å². The first kappa shape index (κ1) is 27.4. The van der Waals surface area contributed by atoms with Crippen LogP contribution in [0.4, 0.5) is 0 Å². The van der Waals surface area contributed by atoms with Crippen LogP contribution in [0.1, 0.15) is 15.4 Å². The molecular formula is C28H27N3O7S. The molecule has 10 nitrogen and oxygen atoms in total. The SMILES string of the molecule is COc1cc(C(=O)/C=C/c2nc(-c3cc(OC)c(OC)c(OC)c3)c(-c3cncnc3)s2)cc(OC)c1OC. The van der Waals surface area contributed by atoms with Crippen LogP contribution in [0.25, 0.3) is 27.8 Å². The zero-order chi connectivity index (χ0) is 27.9. The molecule has 0 saturated heterocycles. The fraction of sp³-hybridized carbons (Fsp3) is 0.214. The van der Waals surface area contributed by atoms with E-state index < -0.39 is 0 Å². The molecule has 4 rings (SSSR count). The third-order valence-electron chi connectivity index (χ3n) is 5.73. The lowest BCUT2D eigenvalue weighted by Crippen LogP contribution is -2.00. The molecule has 2 aromatic carbocycles. The first-order valence-corrected chi connectivity index (χ1v) is 12.4. The molecule has 202 valence electrons. The van der Waals surface area contributed by atoms with Crippen molar-refractivity contribution >= 4 is 23.2 Å². The molecule has 0 N–H and O–H groups in total. The summed E-state index contributed by atoms with van der Waals surface area (Å²) >= 11 is 1.39. The number of aromatic nitrogens is 3. The second kappa shape index (κ2) is 12.3. The molecule has 4 aromatic rings. The van der Waals surface area contributed by atoms with Gasteiger partial charge in [-0.2, -0.15) is 0 Å². The number of ether oxygens (including phenoxy) is 6. The second-order valence-corrected chi connectivity index (χ2v) is 8.91. The number of hydrogen-bond donors (Lipinski definition) is 0. The Morgan fingerprint density at radius 3 is 1.72 bits per heavy atom. The summed E-state index contributed by atoms with van der Waals surface area (Å²) in [6.07, 6.45) is 7.97. The Kier molecular flexibility index (Phi) is 8.62. The Bertz CT molecular complexity index is 1450. The van der Waals surface area contributed by atoms with E-state index in [9.17, 15) is 4.79 Å². The van der Waals surface area contributed by atoms with E-state index in [0.29, 0.717) is 50.8 Å². The minimum atomic E-state index is -0.261. The van der Waals surface area contributed by atoms with Gasteiger partial charge in [-0.25, -0.2) is 15.0 Å². The van der Waals surface area contributed by atoms with E-state index in [-0.39, 0.29) is 5.78 Å². The van der Waals surface area contributed by atoms with E-state index in [1.807, 2.05) is 12.1 Å². The van der Waals surface area contributed by atoms with Crippen molar-refractivity contribution in [2.24, 2.45) is 0 Å². The molecule has 0 radical (unpaired) electrons. The molecule has 0 bridgehead atoms. The van der Waals surface area contributed by atoms with Crippen molar-refractivity contribution in [3.63, 3.8) is 0 Å². The molecule has 0 fully saturated rings. The molecule has 0 aliphatic carbocycles. The van der Waals surface area contributed by atoms with E-state index in [1.54, 1.807) is 51.9 Å². The summed E-state index contributed by atoms with van der Waals surface area (Å²) in [7, 11) is 9.15. The third-order valence-corrected chi connectivity index (χ3v) is 6.80. The van der Waals surface area contributed by atoms with Gasteiger partial charge in [-0.15, -0.1) is 11.3 Å². The second-order valence-electron chi connectivity index (χ2n) is 7.88. The van der Waals surface area contributed by atoms with Crippen LogP contribution >= 0.6 is 11.3 Å². The van der Waals surface area contributed by atoms with E-state index in [1.165, 1.54) is 45.1 Å². The summed E-state index contributed by atoms with van der Waals surface area (Å²) in [5.74, 6) is 2.38. The number of rotatable bonds is 11. The minimum Gasteiger partial charge on any atom is -0.493 e. The van der Waals surface area contributed by atoms with Gasteiger partial charge in [0.2, 0.25) is 11.5 Å². The van der Waals surface area contributed by atoms with E-state index >= 15 is 0 Å². The molecule has 11 heteroatoms. The van der Waals surface area contributed by atoms with Gasteiger partial charge < -0.3 is 28.4 Å². The molecule has 39 heavy (non-hydrogen) atoms. The van der Waals surface area contributed by atoms with Crippen LogP contribution in [0.2, 0.25) is 0 Å². The quantitative estimate of drug-likeness (QED) is 0.182. The highest BCUT2D eigenvalue weighted by atomic mass is 32.1. The smallest absolute Gasteiger partial charge is 0.203 e. The Hall–Kier alpha value is -4.64. The summed E-state index contributed by atoms with van der Waals surface area (Å²) < 4.78 is 32.6. The fourth-order valence-corrected chi connectivity index (χ4v) is 4.87. The molecule has 0 saturated carbocycles. The normalized spacial score (nSPS) is 10.8. The first-order chi connectivity index (χ1) is 19.0. The Morgan fingerprint density at radius 2 is 1.23 bits per heavy atom. The van der Waals surface area contributed by atoms with Gasteiger partial charge in [-0.05, 0) is 36.4 Å². The number of ketones is 1. The molecular weight excluding hydrogens is 522 g/mol. The highest BCUT2D eigenvalue weighted by Gasteiger charge is 2.21. The van der Waals surface area contributed by atoms with E-state index in [0.717, 1.165) is 16.0 Å². The Morgan fingerprint density at radius 1 is 0.718 bits per heavy atom.